The second-order valence-corrected chi connectivity index (χ2v) is 7.48. The Morgan fingerprint density at radius 2 is 2.24 bits per heavy atom. The minimum absolute atomic E-state index is 0.441. The first-order chi connectivity index (χ1) is 14.3. The molecule has 0 amide bonds. The van der Waals surface area contributed by atoms with Crippen molar-refractivity contribution in [1.29, 1.82) is 0 Å². The molecule has 9 nitrogen and oxygen atoms in total. The van der Waals surface area contributed by atoms with E-state index in [0.717, 1.165) is 31.5 Å². The number of rotatable bonds is 5. The molecule has 1 aliphatic heterocycles. The molecule has 4 heterocycles. The molecule has 1 unspecified atom stereocenters. The van der Waals surface area contributed by atoms with Crippen LogP contribution in [0.4, 0.5) is 11.5 Å². The van der Waals surface area contributed by atoms with Crippen molar-refractivity contribution in [1.82, 2.24) is 29.9 Å². The predicted octanol–water partition coefficient (Wildman–Crippen LogP) is 2.79. The van der Waals surface area contributed by atoms with Crippen molar-refractivity contribution < 1.29 is 4.74 Å². The number of hydrogen-bond acceptors (Lipinski definition) is 8. The molecule has 0 saturated heterocycles. The van der Waals surface area contributed by atoms with Crippen LogP contribution in [0.1, 0.15) is 19.3 Å². The summed E-state index contributed by atoms with van der Waals surface area (Å²) < 4.78 is 7.04. The van der Waals surface area contributed by atoms with Crippen molar-refractivity contribution in [3.8, 4) is 5.88 Å². The van der Waals surface area contributed by atoms with Gasteiger partial charge in [0.1, 0.15) is 0 Å². The summed E-state index contributed by atoms with van der Waals surface area (Å²) in [5.41, 5.74) is 2.07. The molecule has 0 radical (unpaired) electrons. The molecule has 2 aliphatic rings. The number of aromatic nitrogens is 6. The largest absolute Gasteiger partial charge is 0.481 e. The van der Waals surface area contributed by atoms with Crippen molar-refractivity contribution >= 4 is 29.0 Å². The zero-order valence-electron chi connectivity index (χ0n) is 16.1. The molecule has 3 atom stereocenters. The number of hydrogen-bond donors (Lipinski definition) is 1. The smallest absolute Gasteiger partial charge is 0.221 e. The highest BCUT2D eigenvalue weighted by molar-refractivity contribution is 5.72. The lowest BCUT2D eigenvalue weighted by Crippen LogP contribution is -2.30. The van der Waals surface area contributed by atoms with Gasteiger partial charge in [-0.05, 0) is 43.2 Å². The van der Waals surface area contributed by atoms with Gasteiger partial charge in [-0.25, -0.2) is 19.6 Å². The Hall–Kier alpha value is -3.36. The van der Waals surface area contributed by atoms with Gasteiger partial charge in [0, 0.05) is 30.7 Å². The van der Waals surface area contributed by atoms with E-state index in [2.05, 4.69) is 42.7 Å². The van der Waals surface area contributed by atoms with Crippen LogP contribution in [0.25, 0.3) is 11.3 Å². The molecule has 0 spiro atoms. The Kier molecular flexibility index (Phi) is 4.63. The number of dihydropyridines is 1. The molecule has 0 bridgehead atoms. The SMILES string of the molecule is COc1cc(Nc2cnc3nnn(C[C@@H]4CC[C@@H]5N=CC=CC5C4)c3n2)ccn1. The van der Waals surface area contributed by atoms with E-state index in [1.165, 1.54) is 0 Å². The number of pyridine rings is 1. The van der Waals surface area contributed by atoms with Gasteiger partial charge >= 0.3 is 0 Å². The molecule has 1 N–H and O–H groups in total. The Morgan fingerprint density at radius 1 is 1.28 bits per heavy atom. The van der Waals surface area contributed by atoms with Gasteiger partial charge < -0.3 is 10.1 Å². The zero-order valence-corrected chi connectivity index (χ0v) is 16.1. The predicted molar refractivity (Wildman–Crippen MR) is 109 cm³/mol. The van der Waals surface area contributed by atoms with E-state index in [1.54, 1.807) is 25.6 Å². The van der Waals surface area contributed by atoms with Crippen LogP contribution in [0, 0.1) is 11.8 Å². The molecule has 29 heavy (non-hydrogen) atoms. The molecule has 148 valence electrons. The van der Waals surface area contributed by atoms with Crippen LogP contribution in [0.5, 0.6) is 5.88 Å². The number of allylic oxidation sites excluding steroid dienone is 1. The highest BCUT2D eigenvalue weighted by atomic mass is 16.5. The van der Waals surface area contributed by atoms with Gasteiger partial charge in [-0.1, -0.05) is 11.3 Å². The number of aliphatic imine (C=N–C) groups is 1. The van der Waals surface area contributed by atoms with Crippen molar-refractivity contribution in [2.24, 2.45) is 16.8 Å². The first-order valence-corrected chi connectivity index (χ1v) is 9.82. The van der Waals surface area contributed by atoms with Crippen molar-refractivity contribution in [2.45, 2.75) is 31.8 Å². The molecule has 9 heteroatoms. The summed E-state index contributed by atoms with van der Waals surface area (Å²) in [6.07, 6.45) is 13.0. The average molecular weight is 390 g/mol. The maximum atomic E-state index is 5.17. The van der Waals surface area contributed by atoms with Gasteiger partial charge in [0.25, 0.3) is 0 Å². The van der Waals surface area contributed by atoms with Gasteiger partial charge in [0.2, 0.25) is 11.5 Å². The van der Waals surface area contributed by atoms with Gasteiger partial charge in [0.15, 0.2) is 11.5 Å². The quantitative estimate of drug-likeness (QED) is 0.714. The molecule has 1 saturated carbocycles. The van der Waals surface area contributed by atoms with Crippen LogP contribution < -0.4 is 10.1 Å². The van der Waals surface area contributed by atoms with Crippen LogP contribution >= 0.6 is 0 Å². The third-order valence-electron chi connectivity index (χ3n) is 5.57. The third-order valence-corrected chi connectivity index (χ3v) is 5.57. The molecular weight excluding hydrogens is 368 g/mol. The van der Waals surface area contributed by atoms with E-state index in [4.69, 9.17) is 9.72 Å². The summed E-state index contributed by atoms with van der Waals surface area (Å²) in [6, 6.07) is 4.10. The Morgan fingerprint density at radius 3 is 3.17 bits per heavy atom. The lowest BCUT2D eigenvalue weighted by Gasteiger charge is -2.33. The van der Waals surface area contributed by atoms with Gasteiger partial charge in [0.05, 0.1) is 19.3 Å². The normalized spacial score (nSPS) is 23.1. The minimum atomic E-state index is 0.441. The summed E-state index contributed by atoms with van der Waals surface area (Å²) >= 11 is 0. The summed E-state index contributed by atoms with van der Waals surface area (Å²) in [6.45, 7) is 0.790. The molecule has 1 fully saturated rings. The minimum Gasteiger partial charge on any atom is -0.481 e. The average Bonchev–Trinajstić information content (AvgIpc) is 3.16. The molecule has 3 aromatic rings. The highest BCUT2D eigenvalue weighted by Gasteiger charge is 2.30. The molecule has 1 aliphatic carbocycles. The first kappa shape index (κ1) is 17.7. The number of anilines is 2. The fourth-order valence-corrected chi connectivity index (χ4v) is 4.12. The molecular formula is C20H22N8O. The van der Waals surface area contributed by atoms with E-state index >= 15 is 0 Å². The van der Waals surface area contributed by atoms with E-state index in [0.29, 0.717) is 40.9 Å². The lowest BCUT2D eigenvalue weighted by molar-refractivity contribution is 0.241. The van der Waals surface area contributed by atoms with Crippen molar-refractivity contribution in [2.75, 3.05) is 12.4 Å². The highest BCUT2D eigenvalue weighted by Crippen LogP contribution is 2.34. The summed E-state index contributed by atoms with van der Waals surface area (Å²) in [7, 11) is 1.59. The van der Waals surface area contributed by atoms with Crippen LogP contribution in [0.3, 0.4) is 0 Å². The lowest BCUT2D eigenvalue weighted by atomic mass is 9.77. The second-order valence-electron chi connectivity index (χ2n) is 7.48. The number of nitrogens with one attached hydrogen (secondary N) is 1. The molecule has 3 aromatic heterocycles. The topological polar surface area (TPSA) is 103 Å². The molecule has 0 aromatic carbocycles. The van der Waals surface area contributed by atoms with Crippen molar-refractivity contribution in [3.05, 3.63) is 36.7 Å². The molecule has 5 rings (SSSR count). The summed E-state index contributed by atoms with van der Waals surface area (Å²) in [5, 5.41) is 11.7. The van der Waals surface area contributed by atoms with Crippen LogP contribution in [-0.2, 0) is 6.54 Å². The number of methoxy groups -OCH3 is 1. The fourth-order valence-electron chi connectivity index (χ4n) is 4.12. The number of ether oxygens (including phenoxy) is 1. The van der Waals surface area contributed by atoms with Gasteiger partial charge in [-0.3, -0.25) is 4.99 Å². The van der Waals surface area contributed by atoms with Gasteiger partial charge in [-0.2, -0.15) is 0 Å². The summed E-state index contributed by atoms with van der Waals surface area (Å²) in [4.78, 5) is 17.8. The Labute approximate surface area is 167 Å². The number of nitrogens with zero attached hydrogens (tertiary/aromatic N) is 7. The standard InChI is InChI=1S/C20H22N8O/c1-29-18-10-15(6-8-22-18)24-17-11-23-19-20(25-17)28(27-26-19)12-13-4-5-16-14(9-13)3-2-7-21-16/h2-3,6-8,10-11,13-14,16H,4-5,9,12H2,1H3,(H,22,24,25)/t13-,14?,16+/m1/s1. The van der Waals surface area contributed by atoms with Crippen LogP contribution in [0.2, 0.25) is 0 Å². The van der Waals surface area contributed by atoms with E-state index < -0.39 is 0 Å². The fraction of sp³-hybridized carbons (Fsp3) is 0.400. The zero-order chi connectivity index (χ0) is 19.6. The van der Waals surface area contributed by atoms with Crippen molar-refractivity contribution in [3.63, 3.8) is 0 Å². The Balaban J connectivity index is 1.34. The monoisotopic (exact) mass is 390 g/mol. The van der Waals surface area contributed by atoms with E-state index in [-0.39, 0.29) is 0 Å². The second kappa shape index (κ2) is 7.57. The summed E-state index contributed by atoms with van der Waals surface area (Å²) in [5.74, 6) is 2.22. The van der Waals surface area contributed by atoms with Crippen LogP contribution in [0.15, 0.2) is 41.7 Å². The third kappa shape index (κ3) is 3.67. The van der Waals surface area contributed by atoms with E-state index in [9.17, 15) is 0 Å². The first-order valence-electron chi connectivity index (χ1n) is 9.82. The van der Waals surface area contributed by atoms with E-state index in [1.807, 2.05) is 17.0 Å². The maximum absolute atomic E-state index is 5.17. The van der Waals surface area contributed by atoms with Crippen LogP contribution in [-0.4, -0.2) is 49.3 Å². The Bertz CT molecular complexity index is 1080. The van der Waals surface area contributed by atoms with Gasteiger partial charge in [-0.15, -0.1) is 5.10 Å². The maximum Gasteiger partial charge on any atom is 0.221 e. The number of fused-ring (bicyclic) bond motifs is 2.